The highest BCUT2D eigenvalue weighted by Gasteiger charge is 2.09. The Hall–Kier alpha value is -1.27. The maximum Gasteiger partial charge on any atom is 0.315 e. The molecule has 1 aromatic carbocycles. The van der Waals surface area contributed by atoms with Crippen molar-refractivity contribution < 1.29 is 14.6 Å². The zero-order valence-corrected chi connectivity index (χ0v) is 12.6. The number of halogens is 1. The van der Waals surface area contributed by atoms with Crippen molar-refractivity contribution in [1.82, 2.24) is 10.6 Å². The van der Waals surface area contributed by atoms with E-state index in [1.165, 1.54) is 0 Å². The van der Waals surface area contributed by atoms with Crippen LogP contribution in [0.4, 0.5) is 4.79 Å². The summed E-state index contributed by atoms with van der Waals surface area (Å²) in [5.41, 5.74) is 0. The van der Waals surface area contributed by atoms with Gasteiger partial charge in [0.15, 0.2) is 0 Å². The van der Waals surface area contributed by atoms with Crippen molar-refractivity contribution in [2.24, 2.45) is 0 Å². The SMILES string of the molecule is C[C@H](CO)NC(=O)NC[C@@H](C)Oc1cccc(Br)c1. The van der Waals surface area contributed by atoms with Crippen LogP contribution < -0.4 is 15.4 Å². The van der Waals surface area contributed by atoms with Crippen LogP contribution in [0, 0.1) is 0 Å². The highest BCUT2D eigenvalue weighted by atomic mass is 79.9. The molecule has 2 atom stereocenters. The molecule has 2 amide bonds. The Balaban J connectivity index is 2.31. The first-order valence-electron chi connectivity index (χ1n) is 6.08. The lowest BCUT2D eigenvalue weighted by atomic mass is 10.3. The largest absolute Gasteiger partial charge is 0.489 e. The molecule has 0 fully saturated rings. The van der Waals surface area contributed by atoms with Gasteiger partial charge in [-0.3, -0.25) is 0 Å². The van der Waals surface area contributed by atoms with Crippen LogP contribution >= 0.6 is 15.9 Å². The molecule has 1 aromatic rings. The van der Waals surface area contributed by atoms with Gasteiger partial charge >= 0.3 is 6.03 Å². The summed E-state index contributed by atoms with van der Waals surface area (Å²) in [6, 6.07) is 6.95. The van der Waals surface area contributed by atoms with Gasteiger partial charge in [-0.1, -0.05) is 22.0 Å². The highest BCUT2D eigenvalue weighted by molar-refractivity contribution is 9.10. The van der Waals surface area contributed by atoms with E-state index in [1.807, 2.05) is 31.2 Å². The standard InChI is InChI=1S/C13H19BrN2O3/c1-9(8-17)16-13(18)15-7-10(2)19-12-5-3-4-11(14)6-12/h3-6,9-10,17H,7-8H2,1-2H3,(H2,15,16,18)/t9-,10-/m1/s1. The minimum Gasteiger partial charge on any atom is -0.489 e. The molecule has 6 heteroatoms. The summed E-state index contributed by atoms with van der Waals surface area (Å²) in [6.45, 7) is 3.89. The number of carbonyl (C=O) groups is 1. The molecule has 3 N–H and O–H groups in total. The van der Waals surface area contributed by atoms with Crippen LogP contribution in [-0.2, 0) is 0 Å². The molecule has 0 spiro atoms. The monoisotopic (exact) mass is 330 g/mol. The third kappa shape index (κ3) is 6.45. The number of aliphatic hydroxyl groups excluding tert-OH is 1. The van der Waals surface area contributed by atoms with Gasteiger partial charge in [-0.2, -0.15) is 0 Å². The molecule has 0 radical (unpaired) electrons. The number of aliphatic hydroxyl groups is 1. The van der Waals surface area contributed by atoms with E-state index in [9.17, 15) is 4.79 Å². The number of ether oxygens (including phenoxy) is 1. The Morgan fingerprint density at radius 2 is 2.21 bits per heavy atom. The molecule has 0 bridgehead atoms. The minimum absolute atomic E-state index is 0.0858. The molecule has 0 aliphatic heterocycles. The highest BCUT2D eigenvalue weighted by Crippen LogP contribution is 2.18. The lowest BCUT2D eigenvalue weighted by Gasteiger charge is -2.17. The third-order valence-electron chi connectivity index (χ3n) is 2.33. The maximum atomic E-state index is 11.4. The van der Waals surface area contributed by atoms with Crippen molar-refractivity contribution in [3.63, 3.8) is 0 Å². The van der Waals surface area contributed by atoms with Gasteiger partial charge in [-0.25, -0.2) is 4.79 Å². The molecule has 0 aliphatic carbocycles. The summed E-state index contributed by atoms with van der Waals surface area (Å²) in [7, 11) is 0. The molecular formula is C13H19BrN2O3. The Labute approximate surface area is 121 Å². The predicted molar refractivity (Wildman–Crippen MR) is 77.3 cm³/mol. The number of urea groups is 1. The number of benzene rings is 1. The van der Waals surface area contributed by atoms with E-state index in [2.05, 4.69) is 26.6 Å². The molecule has 0 aliphatic rings. The fourth-order valence-corrected chi connectivity index (χ4v) is 1.75. The average Bonchev–Trinajstić information content (AvgIpc) is 2.36. The Bertz CT molecular complexity index is 415. The van der Waals surface area contributed by atoms with Crippen molar-refractivity contribution in [3.8, 4) is 5.75 Å². The van der Waals surface area contributed by atoms with Gasteiger partial charge in [0.2, 0.25) is 0 Å². The van der Waals surface area contributed by atoms with Gasteiger partial charge < -0.3 is 20.5 Å². The van der Waals surface area contributed by atoms with Crippen LogP contribution in [-0.4, -0.2) is 36.4 Å². The van der Waals surface area contributed by atoms with E-state index >= 15 is 0 Å². The van der Waals surface area contributed by atoms with Gasteiger partial charge in [0.1, 0.15) is 11.9 Å². The first-order chi connectivity index (χ1) is 9.01. The molecule has 0 unspecified atom stereocenters. The number of amides is 2. The van der Waals surface area contributed by atoms with E-state index in [0.717, 1.165) is 10.2 Å². The van der Waals surface area contributed by atoms with E-state index < -0.39 is 0 Å². The average molecular weight is 331 g/mol. The molecule has 5 nitrogen and oxygen atoms in total. The quantitative estimate of drug-likeness (QED) is 0.746. The summed E-state index contributed by atoms with van der Waals surface area (Å²) >= 11 is 3.37. The third-order valence-corrected chi connectivity index (χ3v) is 2.83. The number of hydrogen-bond acceptors (Lipinski definition) is 3. The van der Waals surface area contributed by atoms with Gasteiger partial charge in [-0.05, 0) is 32.0 Å². The van der Waals surface area contributed by atoms with Crippen molar-refractivity contribution in [1.29, 1.82) is 0 Å². The zero-order chi connectivity index (χ0) is 14.3. The first-order valence-corrected chi connectivity index (χ1v) is 6.88. The number of carbonyl (C=O) groups excluding carboxylic acids is 1. The van der Waals surface area contributed by atoms with Crippen LogP contribution in [0.3, 0.4) is 0 Å². The van der Waals surface area contributed by atoms with Crippen molar-refractivity contribution in [2.75, 3.05) is 13.2 Å². The molecule has 1 rings (SSSR count). The minimum atomic E-state index is -0.314. The van der Waals surface area contributed by atoms with Crippen LogP contribution in [0.5, 0.6) is 5.75 Å². The summed E-state index contributed by atoms with van der Waals surface area (Å²) < 4.78 is 6.60. The first kappa shape index (κ1) is 15.8. The summed E-state index contributed by atoms with van der Waals surface area (Å²) in [5.74, 6) is 0.743. The lowest BCUT2D eigenvalue weighted by molar-refractivity contribution is 0.200. The smallest absolute Gasteiger partial charge is 0.315 e. The fraction of sp³-hybridized carbons (Fsp3) is 0.462. The zero-order valence-electron chi connectivity index (χ0n) is 11.0. The fourth-order valence-electron chi connectivity index (χ4n) is 1.37. The van der Waals surface area contributed by atoms with Crippen LogP contribution in [0.2, 0.25) is 0 Å². The number of nitrogens with one attached hydrogen (secondary N) is 2. The Kier molecular flexibility index (Phi) is 6.66. The molecule has 106 valence electrons. The summed E-state index contributed by atoms with van der Waals surface area (Å²) in [6.07, 6.45) is -0.149. The number of hydrogen-bond donors (Lipinski definition) is 3. The molecule has 0 aromatic heterocycles. The molecule has 0 saturated heterocycles. The normalized spacial score (nSPS) is 13.5. The van der Waals surface area contributed by atoms with Gasteiger partial charge in [0.05, 0.1) is 19.2 Å². The molecule has 0 heterocycles. The van der Waals surface area contributed by atoms with E-state index in [0.29, 0.717) is 6.54 Å². The van der Waals surface area contributed by atoms with Crippen molar-refractivity contribution in [3.05, 3.63) is 28.7 Å². The summed E-state index contributed by atoms with van der Waals surface area (Å²) in [5, 5.41) is 14.1. The van der Waals surface area contributed by atoms with Crippen molar-refractivity contribution >= 4 is 22.0 Å². The van der Waals surface area contributed by atoms with Crippen LogP contribution in [0.1, 0.15) is 13.8 Å². The predicted octanol–water partition coefficient (Wildman–Crippen LogP) is 1.90. The second-order valence-electron chi connectivity index (χ2n) is 4.32. The van der Waals surface area contributed by atoms with E-state index in [-0.39, 0.29) is 24.8 Å². The topological polar surface area (TPSA) is 70.6 Å². The van der Waals surface area contributed by atoms with Gasteiger partial charge in [0.25, 0.3) is 0 Å². The lowest BCUT2D eigenvalue weighted by Crippen LogP contribution is -2.45. The van der Waals surface area contributed by atoms with E-state index in [1.54, 1.807) is 6.92 Å². The Morgan fingerprint density at radius 3 is 2.84 bits per heavy atom. The van der Waals surface area contributed by atoms with Crippen LogP contribution in [0.15, 0.2) is 28.7 Å². The van der Waals surface area contributed by atoms with Gasteiger partial charge in [-0.15, -0.1) is 0 Å². The Morgan fingerprint density at radius 1 is 1.47 bits per heavy atom. The second-order valence-corrected chi connectivity index (χ2v) is 5.24. The summed E-state index contributed by atoms with van der Waals surface area (Å²) in [4.78, 5) is 11.4. The molecule has 19 heavy (non-hydrogen) atoms. The van der Waals surface area contributed by atoms with Crippen molar-refractivity contribution in [2.45, 2.75) is 26.0 Å². The van der Waals surface area contributed by atoms with E-state index in [4.69, 9.17) is 9.84 Å². The van der Waals surface area contributed by atoms with Gasteiger partial charge in [0, 0.05) is 4.47 Å². The number of rotatable bonds is 6. The second kappa shape index (κ2) is 8.01. The maximum absolute atomic E-state index is 11.4. The molecule has 0 saturated carbocycles. The van der Waals surface area contributed by atoms with Crippen LogP contribution in [0.25, 0.3) is 0 Å². The molecular weight excluding hydrogens is 312 g/mol.